The molecule has 0 amide bonds. The SMILES string of the molecule is CC1(NCc2cn3ccccc3n2)CCCOC1. The summed E-state index contributed by atoms with van der Waals surface area (Å²) in [6.07, 6.45) is 6.40. The van der Waals surface area contributed by atoms with Crippen LogP contribution in [0.3, 0.4) is 0 Å². The summed E-state index contributed by atoms with van der Waals surface area (Å²) in [4.78, 5) is 4.59. The Hall–Kier alpha value is -1.39. The van der Waals surface area contributed by atoms with Crippen molar-refractivity contribution in [2.24, 2.45) is 0 Å². The second kappa shape index (κ2) is 4.71. The van der Waals surface area contributed by atoms with E-state index in [1.807, 2.05) is 24.4 Å². The molecular formula is C14H19N3O. The highest BCUT2D eigenvalue weighted by atomic mass is 16.5. The maximum absolute atomic E-state index is 5.54. The Kier molecular flexibility index (Phi) is 3.06. The number of pyridine rings is 1. The van der Waals surface area contributed by atoms with Crippen molar-refractivity contribution in [3.05, 3.63) is 36.3 Å². The van der Waals surface area contributed by atoms with Crippen molar-refractivity contribution < 1.29 is 4.74 Å². The first-order chi connectivity index (χ1) is 8.75. The molecule has 2 aromatic heterocycles. The number of rotatable bonds is 3. The number of hydrogen-bond donors (Lipinski definition) is 1. The molecule has 18 heavy (non-hydrogen) atoms. The first-order valence-electron chi connectivity index (χ1n) is 6.51. The number of imidazole rings is 1. The van der Waals surface area contributed by atoms with Crippen LogP contribution in [-0.2, 0) is 11.3 Å². The van der Waals surface area contributed by atoms with Gasteiger partial charge in [0.25, 0.3) is 0 Å². The van der Waals surface area contributed by atoms with Crippen molar-refractivity contribution in [2.45, 2.75) is 31.8 Å². The van der Waals surface area contributed by atoms with Crippen molar-refractivity contribution >= 4 is 5.65 Å². The number of hydrogen-bond acceptors (Lipinski definition) is 3. The zero-order valence-electron chi connectivity index (χ0n) is 10.7. The molecular weight excluding hydrogens is 226 g/mol. The highest BCUT2D eigenvalue weighted by Crippen LogP contribution is 2.18. The molecule has 0 saturated carbocycles. The maximum atomic E-state index is 5.54. The zero-order chi connectivity index (χ0) is 12.4. The van der Waals surface area contributed by atoms with E-state index >= 15 is 0 Å². The van der Waals surface area contributed by atoms with Crippen molar-refractivity contribution in [3.8, 4) is 0 Å². The van der Waals surface area contributed by atoms with Gasteiger partial charge in [0.2, 0.25) is 0 Å². The number of aromatic nitrogens is 2. The minimum atomic E-state index is 0.0913. The molecule has 1 saturated heterocycles. The molecule has 1 N–H and O–H groups in total. The van der Waals surface area contributed by atoms with Gasteiger partial charge in [-0.3, -0.25) is 0 Å². The quantitative estimate of drug-likeness (QED) is 0.898. The van der Waals surface area contributed by atoms with Gasteiger partial charge in [0.1, 0.15) is 5.65 Å². The van der Waals surface area contributed by atoms with Gasteiger partial charge in [-0.25, -0.2) is 4.98 Å². The van der Waals surface area contributed by atoms with Gasteiger partial charge >= 0.3 is 0 Å². The summed E-state index contributed by atoms with van der Waals surface area (Å²) in [6.45, 7) is 4.70. The molecule has 0 bridgehead atoms. The summed E-state index contributed by atoms with van der Waals surface area (Å²) in [5, 5.41) is 3.57. The van der Waals surface area contributed by atoms with E-state index in [4.69, 9.17) is 4.74 Å². The van der Waals surface area contributed by atoms with E-state index < -0.39 is 0 Å². The summed E-state index contributed by atoms with van der Waals surface area (Å²) < 4.78 is 7.60. The third-order valence-electron chi connectivity index (χ3n) is 3.55. The van der Waals surface area contributed by atoms with Crippen LogP contribution < -0.4 is 5.32 Å². The van der Waals surface area contributed by atoms with E-state index in [0.29, 0.717) is 0 Å². The molecule has 3 heterocycles. The van der Waals surface area contributed by atoms with Gasteiger partial charge in [0.15, 0.2) is 0 Å². The fourth-order valence-corrected chi connectivity index (χ4v) is 2.45. The van der Waals surface area contributed by atoms with Crippen LogP contribution in [0.5, 0.6) is 0 Å². The minimum Gasteiger partial charge on any atom is -0.380 e. The van der Waals surface area contributed by atoms with Crippen LogP contribution in [-0.4, -0.2) is 28.1 Å². The molecule has 1 atom stereocenters. The van der Waals surface area contributed by atoms with Gasteiger partial charge in [0.05, 0.1) is 12.3 Å². The predicted octanol–water partition coefficient (Wildman–Crippen LogP) is 1.99. The van der Waals surface area contributed by atoms with Gasteiger partial charge in [-0.15, -0.1) is 0 Å². The van der Waals surface area contributed by atoms with Gasteiger partial charge in [-0.05, 0) is 31.9 Å². The first-order valence-corrected chi connectivity index (χ1v) is 6.51. The molecule has 0 aliphatic carbocycles. The molecule has 96 valence electrons. The van der Waals surface area contributed by atoms with Crippen molar-refractivity contribution in [2.75, 3.05) is 13.2 Å². The summed E-state index contributed by atoms with van der Waals surface area (Å²) in [5.41, 5.74) is 2.17. The number of nitrogens with zero attached hydrogens (tertiary/aromatic N) is 2. The van der Waals surface area contributed by atoms with Crippen LogP contribution in [0.25, 0.3) is 5.65 Å². The Morgan fingerprint density at radius 1 is 1.50 bits per heavy atom. The van der Waals surface area contributed by atoms with E-state index in [9.17, 15) is 0 Å². The van der Waals surface area contributed by atoms with Gasteiger partial charge < -0.3 is 14.5 Å². The molecule has 2 aromatic rings. The maximum Gasteiger partial charge on any atom is 0.137 e. The lowest BCUT2D eigenvalue weighted by Gasteiger charge is -2.34. The van der Waals surface area contributed by atoms with Crippen molar-refractivity contribution in [1.29, 1.82) is 0 Å². The van der Waals surface area contributed by atoms with Crippen LogP contribution in [0, 0.1) is 0 Å². The topological polar surface area (TPSA) is 38.6 Å². The summed E-state index contributed by atoms with van der Waals surface area (Å²) in [6, 6.07) is 6.05. The summed E-state index contributed by atoms with van der Waals surface area (Å²) in [7, 11) is 0. The fourth-order valence-electron chi connectivity index (χ4n) is 2.45. The van der Waals surface area contributed by atoms with Crippen LogP contribution in [0.1, 0.15) is 25.5 Å². The molecule has 0 spiro atoms. The highest BCUT2D eigenvalue weighted by Gasteiger charge is 2.26. The third kappa shape index (κ3) is 2.40. The Morgan fingerprint density at radius 2 is 2.44 bits per heavy atom. The monoisotopic (exact) mass is 245 g/mol. The second-order valence-corrected chi connectivity index (χ2v) is 5.27. The molecule has 1 aliphatic rings. The first kappa shape index (κ1) is 11.7. The minimum absolute atomic E-state index is 0.0913. The van der Waals surface area contributed by atoms with E-state index in [0.717, 1.165) is 37.5 Å². The Labute approximate surface area is 107 Å². The Morgan fingerprint density at radius 3 is 3.22 bits per heavy atom. The number of nitrogens with one attached hydrogen (secondary N) is 1. The summed E-state index contributed by atoms with van der Waals surface area (Å²) in [5.74, 6) is 0. The third-order valence-corrected chi connectivity index (χ3v) is 3.55. The van der Waals surface area contributed by atoms with Gasteiger partial charge in [-0.2, -0.15) is 0 Å². The Balaban J connectivity index is 1.69. The largest absolute Gasteiger partial charge is 0.380 e. The molecule has 1 fully saturated rings. The highest BCUT2D eigenvalue weighted by molar-refractivity contribution is 5.39. The van der Waals surface area contributed by atoms with E-state index in [2.05, 4.69) is 27.8 Å². The van der Waals surface area contributed by atoms with Crippen LogP contribution in [0.4, 0.5) is 0 Å². The number of ether oxygens (including phenoxy) is 1. The predicted molar refractivity (Wildman–Crippen MR) is 70.5 cm³/mol. The van der Waals surface area contributed by atoms with E-state index in [-0.39, 0.29) is 5.54 Å². The fraction of sp³-hybridized carbons (Fsp3) is 0.500. The summed E-state index contributed by atoms with van der Waals surface area (Å²) >= 11 is 0. The average molecular weight is 245 g/mol. The van der Waals surface area contributed by atoms with E-state index in [1.165, 1.54) is 6.42 Å². The smallest absolute Gasteiger partial charge is 0.137 e. The van der Waals surface area contributed by atoms with Crippen LogP contribution in [0.2, 0.25) is 0 Å². The standard InChI is InChI=1S/C14H19N3O/c1-14(6-4-8-18-11-14)15-9-12-10-17-7-3-2-5-13(17)16-12/h2-3,5,7,10,15H,4,6,8-9,11H2,1H3. The molecule has 4 heteroatoms. The van der Waals surface area contributed by atoms with Crippen molar-refractivity contribution in [1.82, 2.24) is 14.7 Å². The lowest BCUT2D eigenvalue weighted by atomic mass is 9.95. The van der Waals surface area contributed by atoms with Crippen molar-refractivity contribution in [3.63, 3.8) is 0 Å². The lowest BCUT2D eigenvalue weighted by Crippen LogP contribution is -2.48. The lowest BCUT2D eigenvalue weighted by molar-refractivity contribution is 0.0276. The average Bonchev–Trinajstić information content (AvgIpc) is 2.80. The van der Waals surface area contributed by atoms with Gasteiger partial charge in [0, 0.05) is 31.1 Å². The van der Waals surface area contributed by atoms with Crippen LogP contribution in [0.15, 0.2) is 30.6 Å². The van der Waals surface area contributed by atoms with E-state index in [1.54, 1.807) is 0 Å². The zero-order valence-corrected chi connectivity index (χ0v) is 10.7. The molecule has 1 aliphatic heterocycles. The normalized spacial score (nSPS) is 24.5. The molecule has 3 rings (SSSR count). The van der Waals surface area contributed by atoms with Gasteiger partial charge in [-0.1, -0.05) is 6.07 Å². The molecule has 4 nitrogen and oxygen atoms in total. The van der Waals surface area contributed by atoms with Crippen LogP contribution >= 0.6 is 0 Å². The molecule has 0 aromatic carbocycles. The Bertz CT molecular complexity index is 496. The second-order valence-electron chi connectivity index (χ2n) is 5.27. The molecule has 1 unspecified atom stereocenters. The molecule has 0 radical (unpaired) electrons. The number of fused-ring (bicyclic) bond motifs is 1.